The first-order chi connectivity index (χ1) is 11.9. The maximum atomic E-state index is 12.5. The minimum atomic E-state index is -1.18. The monoisotopic (exact) mass is 403 g/mol. The van der Waals surface area contributed by atoms with Gasteiger partial charge in [-0.05, 0) is 45.2 Å². The number of benzene rings is 1. The molecule has 0 aliphatic heterocycles. The number of hydrogen-bond acceptors (Lipinski definition) is 6. The van der Waals surface area contributed by atoms with Gasteiger partial charge in [-0.3, -0.25) is 15.5 Å². The van der Waals surface area contributed by atoms with Crippen molar-refractivity contribution >= 4 is 35.8 Å². The van der Waals surface area contributed by atoms with Crippen LogP contribution in [0.3, 0.4) is 0 Å². The molecule has 0 radical (unpaired) electrons. The summed E-state index contributed by atoms with van der Waals surface area (Å²) in [5.74, 6) is -1.17. The van der Waals surface area contributed by atoms with Crippen molar-refractivity contribution in [2.45, 2.75) is 52.7 Å². The molecule has 1 amide bonds. The number of amides is 1. The number of aliphatic carboxylic acids is 1. The van der Waals surface area contributed by atoms with Crippen molar-refractivity contribution < 1.29 is 24.4 Å². The number of nitro groups is 1. The van der Waals surface area contributed by atoms with Gasteiger partial charge >= 0.3 is 12.1 Å². The number of carbonyl (C=O) groups is 2. The Morgan fingerprint density at radius 1 is 1.26 bits per heavy atom. The zero-order chi connectivity index (χ0) is 20.1. The molecular formula is C17H26ClN3O6. The molecule has 1 aromatic carbocycles. The Hall–Kier alpha value is -2.55. The molecule has 0 heterocycles. The van der Waals surface area contributed by atoms with Gasteiger partial charge in [0.1, 0.15) is 5.60 Å². The van der Waals surface area contributed by atoms with Crippen LogP contribution in [0.25, 0.3) is 0 Å². The van der Waals surface area contributed by atoms with E-state index in [0.29, 0.717) is 5.69 Å². The standard InChI is InChI=1S/C17H25N3O6.ClH/c1-11(2)10-14(15(21)22)19(16(23)26-17(3,4)5)18-12-6-8-13(9-7-12)20(24)25;/h6-9,11,14,18H,10H2,1-5H3,(H,21,22);1H/t14-;/m0./s1. The molecule has 0 aliphatic carbocycles. The summed E-state index contributed by atoms with van der Waals surface area (Å²) in [5, 5.41) is 21.2. The first-order valence-electron chi connectivity index (χ1n) is 8.17. The lowest BCUT2D eigenvalue weighted by molar-refractivity contribution is -0.384. The zero-order valence-electron chi connectivity index (χ0n) is 16.0. The molecule has 0 unspecified atom stereocenters. The summed E-state index contributed by atoms with van der Waals surface area (Å²) in [6.07, 6.45) is -0.641. The number of non-ortho nitro benzene ring substituents is 1. The molecule has 0 fully saturated rings. The van der Waals surface area contributed by atoms with Gasteiger partial charge in [0.25, 0.3) is 5.69 Å². The third kappa shape index (κ3) is 8.12. The highest BCUT2D eigenvalue weighted by Gasteiger charge is 2.34. The van der Waals surface area contributed by atoms with Crippen LogP contribution in [0.1, 0.15) is 41.0 Å². The molecule has 9 nitrogen and oxygen atoms in total. The fourth-order valence-corrected chi connectivity index (χ4v) is 2.12. The topological polar surface area (TPSA) is 122 Å². The number of nitro benzene ring substituents is 1. The van der Waals surface area contributed by atoms with Crippen molar-refractivity contribution in [2.75, 3.05) is 5.43 Å². The number of carboxylic acid groups (broad SMARTS) is 1. The number of halogens is 1. The largest absolute Gasteiger partial charge is 0.480 e. The molecule has 0 saturated carbocycles. The third-order valence-corrected chi connectivity index (χ3v) is 3.21. The highest BCUT2D eigenvalue weighted by molar-refractivity contribution is 5.85. The quantitative estimate of drug-likeness (QED) is 0.519. The van der Waals surface area contributed by atoms with E-state index < -0.39 is 28.6 Å². The summed E-state index contributed by atoms with van der Waals surface area (Å²) in [6.45, 7) is 8.71. The van der Waals surface area contributed by atoms with Crippen LogP contribution in [0.4, 0.5) is 16.2 Å². The molecular weight excluding hydrogens is 378 g/mol. The zero-order valence-corrected chi connectivity index (χ0v) is 16.8. The smallest absolute Gasteiger partial charge is 0.429 e. The Morgan fingerprint density at radius 2 is 1.78 bits per heavy atom. The fraction of sp³-hybridized carbons (Fsp3) is 0.529. The number of carboxylic acids is 1. The summed E-state index contributed by atoms with van der Waals surface area (Å²) >= 11 is 0. The van der Waals surface area contributed by atoms with Crippen LogP contribution in [-0.2, 0) is 9.53 Å². The summed E-state index contributed by atoms with van der Waals surface area (Å²) in [7, 11) is 0. The van der Waals surface area contributed by atoms with E-state index in [0.717, 1.165) is 5.01 Å². The maximum Gasteiger partial charge on any atom is 0.429 e. The average Bonchev–Trinajstić information content (AvgIpc) is 2.48. The Balaban J connectivity index is 0.00000676. The summed E-state index contributed by atoms with van der Waals surface area (Å²) in [6, 6.07) is 4.13. The highest BCUT2D eigenvalue weighted by atomic mass is 35.5. The van der Waals surface area contributed by atoms with Gasteiger partial charge in [-0.15, -0.1) is 12.4 Å². The molecule has 0 bridgehead atoms. The van der Waals surface area contributed by atoms with Crippen molar-refractivity contribution in [1.29, 1.82) is 0 Å². The van der Waals surface area contributed by atoms with Crippen molar-refractivity contribution in [3.05, 3.63) is 34.4 Å². The highest BCUT2D eigenvalue weighted by Crippen LogP contribution is 2.21. The van der Waals surface area contributed by atoms with Gasteiger partial charge in [0, 0.05) is 12.1 Å². The van der Waals surface area contributed by atoms with Crippen LogP contribution in [0, 0.1) is 16.0 Å². The molecule has 0 spiro atoms. The van der Waals surface area contributed by atoms with Gasteiger partial charge < -0.3 is 9.84 Å². The van der Waals surface area contributed by atoms with E-state index >= 15 is 0 Å². The van der Waals surface area contributed by atoms with E-state index in [2.05, 4.69) is 5.43 Å². The Kier molecular flexibility index (Phi) is 9.02. The first-order valence-corrected chi connectivity index (χ1v) is 8.17. The number of rotatable bonds is 7. The Morgan fingerprint density at radius 3 is 2.15 bits per heavy atom. The number of ether oxygens (including phenoxy) is 1. The SMILES string of the molecule is CC(C)C[C@@H](C(=O)O)N(Nc1ccc([N+](=O)[O-])cc1)C(=O)OC(C)(C)C.Cl. The van der Waals surface area contributed by atoms with E-state index in [4.69, 9.17) is 4.74 Å². The second-order valence-electron chi connectivity index (χ2n) is 7.25. The van der Waals surface area contributed by atoms with Gasteiger partial charge in [0.2, 0.25) is 0 Å². The number of nitrogens with one attached hydrogen (secondary N) is 1. The van der Waals surface area contributed by atoms with Gasteiger partial charge in [0.05, 0.1) is 10.6 Å². The Bertz CT molecular complexity index is 658. The molecule has 10 heteroatoms. The van der Waals surface area contributed by atoms with E-state index in [1.807, 2.05) is 13.8 Å². The second kappa shape index (κ2) is 9.96. The van der Waals surface area contributed by atoms with E-state index in [9.17, 15) is 24.8 Å². The predicted octanol–water partition coefficient (Wildman–Crippen LogP) is 4.08. The fourth-order valence-electron chi connectivity index (χ4n) is 2.12. The molecule has 0 saturated heterocycles. The number of carbonyl (C=O) groups excluding carboxylic acids is 1. The molecule has 2 N–H and O–H groups in total. The van der Waals surface area contributed by atoms with Gasteiger partial charge in [-0.1, -0.05) is 13.8 Å². The van der Waals surface area contributed by atoms with Crippen LogP contribution in [0.15, 0.2) is 24.3 Å². The van der Waals surface area contributed by atoms with Crippen molar-refractivity contribution in [2.24, 2.45) is 5.92 Å². The van der Waals surface area contributed by atoms with Crippen LogP contribution >= 0.6 is 12.4 Å². The lowest BCUT2D eigenvalue weighted by atomic mass is 10.0. The maximum absolute atomic E-state index is 12.5. The van der Waals surface area contributed by atoms with Gasteiger partial charge in [0.15, 0.2) is 6.04 Å². The normalized spacial score (nSPS) is 11.9. The molecule has 1 rings (SSSR count). The van der Waals surface area contributed by atoms with E-state index in [1.165, 1.54) is 24.3 Å². The van der Waals surface area contributed by atoms with Crippen LogP contribution < -0.4 is 5.43 Å². The Labute approximate surface area is 164 Å². The van der Waals surface area contributed by atoms with Crippen molar-refractivity contribution in [3.8, 4) is 0 Å². The molecule has 0 aromatic heterocycles. The first kappa shape index (κ1) is 24.5. The number of nitrogens with zero attached hydrogens (tertiary/aromatic N) is 2. The molecule has 152 valence electrons. The minimum absolute atomic E-state index is 0. The molecule has 0 aliphatic rings. The summed E-state index contributed by atoms with van der Waals surface area (Å²) in [5.41, 5.74) is 2.11. The van der Waals surface area contributed by atoms with Crippen molar-refractivity contribution in [1.82, 2.24) is 5.01 Å². The third-order valence-electron chi connectivity index (χ3n) is 3.21. The molecule has 1 aromatic rings. The van der Waals surface area contributed by atoms with Crippen LogP contribution in [-0.4, -0.2) is 38.7 Å². The lowest BCUT2D eigenvalue weighted by Gasteiger charge is -2.32. The van der Waals surface area contributed by atoms with Gasteiger partial charge in [-0.2, -0.15) is 0 Å². The van der Waals surface area contributed by atoms with E-state index in [1.54, 1.807) is 20.8 Å². The molecule has 1 atom stereocenters. The van der Waals surface area contributed by atoms with Gasteiger partial charge in [-0.25, -0.2) is 14.6 Å². The summed E-state index contributed by atoms with van der Waals surface area (Å²) in [4.78, 5) is 34.4. The number of hydrazine groups is 1. The lowest BCUT2D eigenvalue weighted by Crippen LogP contribution is -2.50. The number of anilines is 1. The van der Waals surface area contributed by atoms with Crippen LogP contribution in [0.2, 0.25) is 0 Å². The second-order valence-corrected chi connectivity index (χ2v) is 7.25. The van der Waals surface area contributed by atoms with E-state index in [-0.39, 0.29) is 30.4 Å². The van der Waals surface area contributed by atoms with Crippen LogP contribution in [0.5, 0.6) is 0 Å². The minimum Gasteiger partial charge on any atom is -0.480 e. The summed E-state index contributed by atoms with van der Waals surface area (Å²) < 4.78 is 5.30. The average molecular weight is 404 g/mol. The number of hydrogen-bond donors (Lipinski definition) is 2. The predicted molar refractivity (Wildman–Crippen MR) is 103 cm³/mol. The van der Waals surface area contributed by atoms with Crippen molar-refractivity contribution in [3.63, 3.8) is 0 Å². The molecule has 27 heavy (non-hydrogen) atoms.